The topological polar surface area (TPSA) is 20.3 Å². The van der Waals surface area contributed by atoms with E-state index in [1.807, 2.05) is 4.90 Å². The number of nitrogens with zero attached hydrogens (tertiary/aromatic N) is 1. The number of hydrogen-bond donors (Lipinski definition) is 0. The van der Waals surface area contributed by atoms with Crippen molar-refractivity contribution in [1.82, 2.24) is 4.90 Å². The molecule has 2 aliphatic heterocycles. The zero-order valence-electron chi connectivity index (χ0n) is 7.86. The van der Waals surface area contributed by atoms with Crippen LogP contribution in [-0.2, 0) is 17.4 Å². The SMILES string of the molecule is O=C1C=C2CN(C(=S)[S-])CCC2S1.[Na+]. The summed E-state index contributed by atoms with van der Waals surface area (Å²) in [6, 6.07) is 0. The average Bonchev–Trinajstić information content (AvgIpc) is 2.42. The van der Waals surface area contributed by atoms with E-state index in [-0.39, 0.29) is 34.7 Å². The molecule has 1 unspecified atom stereocenters. The van der Waals surface area contributed by atoms with E-state index < -0.39 is 0 Å². The predicted octanol–water partition coefficient (Wildman–Crippen LogP) is -1.90. The smallest absolute Gasteiger partial charge is 0.411 e. The molecule has 70 valence electrons. The maximum Gasteiger partial charge on any atom is 1.00 e. The van der Waals surface area contributed by atoms with Gasteiger partial charge in [0.15, 0.2) is 0 Å². The number of piperidine rings is 1. The van der Waals surface area contributed by atoms with Gasteiger partial charge in [-0.1, -0.05) is 16.1 Å². The zero-order chi connectivity index (χ0) is 9.42. The normalized spacial score (nSPS) is 25.1. The summed E-state index contributed by atoms with van der Waals surface area (Å²) in [5.41, 5.74) is 1.19. The number of carbonyl (C=O) groups is 1. The first-order valence-corrected chi connectivity index (χ1v) is 5.73. The van der Waals surface area contributed by atoms with Crippen molar-refractivity contribution in [1.29, 1.82) is 0 Å². The Kier molecular flexibility index (Phi) is 4.87. The second-order valence-corrected chi connectivity index (χ2v) is 5.36. The van der Waals surface area contributed by atoms with Crippen molar-refractivity contribution in [3.63, 3.8) is 0 Å². The van der Waals surface area contributed by atoms with E-state index in [2.05, 4.69) is 0 Å². The summed E-state index contributed by atoms with van der Waals surface area (Å²) < 4.78 is 0.517. The van der Waals surface area contributed by atoms with Gasteiger partial charge < -0.3 is 29.7 Å². The molecule has 0 aliphatic carbocycles. The van der Waals surface area contributed by atoms with E-state index in [9.17, 15) is 4.79 Å². The van der Waals surface area contributed by atoms with E-state index in [1.54, 1.807) is 6.08 Å². The molecule has 1 atom stereocenters. The van der Waals surface area contributed by atoms with E-state index >= 15 is 0 Å². The van der Waals surface area contributed by atoms with E-state index in [0.717, 1.165) is 19.5 Å². The van der Waals surface area contributed by atoms with Gasteiger partial charge in [-0.15, -0.1) is 0 Å². The third kappa shape index (κ3) is 2.71. The Morgan fingerprint density at radius 3 is 3.07 bits per heavy atom. The third-order valence-electron chi connectivity index (χ3n) is 2.27. The van der Waals surface area contributed by atoms with Crippen molar-refractivity contribution in [2.75, 3.05) is 13.1 Å². The molecule has 1 fully saturated rings. The molecule has 0 aromatic carbocycles. The first-order valence-electron chi connectivity index (χ1n) is 4.04. The Balaban J connectivity index is 0.000000980. The molecule has 2 nitrogen and oxygen atoms in total. The van der Waals surface area contributed by atoms with Crippen LogP contribution >= 0.6 is 24.0 Å². The summed E-state index contributed by atoms with van der Waals surface area (Å²) in [5.74, 6) is 0. The Morgan fingerprint density at radius 2 is 2.43 bits per heavy atom. The van der Waals surface area contributed by atoms with Gasteiger partial charge >= 0.3 is 29.6 Å². The summed E-state index contributed by atoms with van der Waals surface area (Å²) >= 11 is 11.3. The van der Waals surface area contributed by atoms with Crippen molar-refractivity contribution in [3.8, 4) is 0 Å². The molecule has 0 aromatic rings. The Bertz CT molecular complexity index is 305. The van der Waals surface area contributed by atoms with Crippen LogP contribution in [0.25, 0.3) is 0 Å². The Morgan fingerprint density at radius 1 is 1.71 bits per heavy atom. The average molecular weight is 253 g/mol. The predicted molar refractivity (Wildman–Crippen MR) is 60.6 cm³/mol. The van der Waals surface area contributed by atoms with E-state index in [1.165, 1.54) is 17.3 Å². The van der Waals surface area contributed by atoms with Gasteiger partial charge in [0.2, 0.25) is 5.12 Å². The van der Waals surface area contributed by atoms with Crippen LogP contribution in [-0.4, -0.2) is 32.7 Å². The Labute approximate surface area is 121 Å². The van der Waals surface area contributed by atoms with Gasteiger partial charge in [-0.05, 0) is 18.1 Å². The minimum Gasteiger partial charge on any atom is -0.411 e. The Hall–Kier alpha value is 0.870. The van der Waals surface area contributed by atoms with Crippen molar-refractivity contribution in [3.05, 3.63) is 11.6 Å². The van der Waals surface area contributed by atoms with E-state index in [4.69, 9.17) is 24.8 Å². The molecule has 0 bridgehead atoms. The van der Waals surface area contributed by atoms with Gasteiger partial charge in [-0.3, -0.25) is 4.79 Å². The van der Waals surface area contributed by atoms with Crippen LogP contribution < -0.4 is 29.6 Å². The molecular formula is C8H8NNaOS3. The second-order valence-electron chi connectivity index (χ2n) is 3.12. The molecule has 2 heterocycles. The number of thiocarbonyl (C=S) groups is 1. The summed E-state index contributed by atoms with van der Waals surface area (Å²) in [6.45, 7) is 1.65. The molecule has 0 spiro atoms. The second kappa shape index (κ2) is 5.27. The van der Waals surface area contributed by atoms with Gasteiger partial charge in [-0.25, -0.2) is 0 Å². The number of rotatable bonds is 0. The fourth-order valence-corrected chi connectivity index (χ4v) is 2.94. The van der Waals surface area contributed by atoms with Crippen LogP contribution in [0.2, 0.25) is 0 Å². The summed E-state index contributed by atoms with van der Waals surface area (Å²) in [4.78, 5) is 13.1. The molecule has 0 N–H and O–H groups in total. The number of carbonyl (C=O) groups excluding carboxylic acids is 1. The van der Waals surface area contributed by atoms with Gasteiger partial charge in [0.05, 0.1) is 0 Å². The van der Waals surface area contributed by atoms with Crippen molar-refractivity contribution >= 4 is 46.0 Å². The van der Waals surface area contributed by atoms with Crippen LogP contribution in [0.1, 0.15) is 6.42 Å². The number of fused-ring (bicyclic) bond motifs is 1. The fraction of sp³-hybridized carbons (Fsp3) is 0.500. The third-order valence-corrected chi connectivity index (χ3v) is 3.96. The van der Waals surface area contributed by atoms with Crippen molar-refractivity contribution in [2.24, 2.45) is 0 Å². The summed E-state index contributed by atoms with van der Waals surface area (Å²) in [7, 11) is 0. The van der Waals surface area contributed by atoms with Crippen molar-refractivity contribution < 1.29 is 34.4 Å². The summed E-state index contributed by atoms with van der Waals surface area (Å²) in [5, 5.41) is 0.574. The molecule has 1 saturated heterocycles. The molecule has 0 aromatic heterocycles. The molecule has 0 amide bonds. The summed E-state index contributed by atoms with van der Waals surface area (Å²) in [6.07, 6.45) is 2.72. The van der Waals surface area contributed by atoms with Gasteiger partial charge in [0.1, 0.15) is 0 Å². The molecule has 2 rings (SSSR count). The van der Waals surface area contributed by atoms with Crippen LogP contribution in [0.4, 0.5) is 0 Å². The zero-order valence-corrected chi connectivity index (χ0v) is 12.3. The maximum atomic E-state index is 11.1. The van der Waals surface area contributed by atoms with Crippen LogP contribution in [0.15, 0.2) is 11.6 Å². The maximum absolute atomic E-state index is 11.1. The first-order chi connectivity index (χ1) is 6.16. The molecule has 0 saturated carbocycles. The van der Waals surface area contributed by atoms with Crippen LogP contribution in [0.5, 0.6) is 0 Å². The number of thioether (sulfide) groups is 1. The minimum absolute atomic E-state index is 0. The minimum atomic E-state index is 0. The first kappa shape index (κ1) is 12.9. The largest absolute Gasteiger partial charge is 1.00 e. The van der Waals surface area contributed by atoms with Gasteiger partial charge in [0.25, 0.3) is 0 Å². The molecule has 14 heavy (non-hydrogen) atoms. The standard InChI is InChI=1S/C8H9NOS3.Na/c10-7-3-5-4-9(8(11)12)2-1-6(5)13-7;/h3,6H,1-2,4H2,(H,11,12);/q;+1/p-1. The quantitative estimate of drug-likeness (QED) is 0.285. The number of hydrogen-bond acceptors (Lipinski definition) is 4. The van der Waals surface area contributed by atoms with E-state index in [0.29, 0.717) is 9.57 Å². The van der Waals surface area contributed by atoms with Gasteiger partial charge in [-0.2, -0.15) is 0 Å². The van der Waals surface area contributed by atoms with Crippen LogP contribution in [0.3, 0.4) is 0 Å². The molecule has 2 aliphatic rings. The number of likely N-dealkylation sites (tertiary alicyclic amines) is 1. The van der Waals surface area contributed by atoms with Crippen LogP contribution in [0, 0.1) is 0 Å². The fourth-order valence-electron chi connectivity index (χ4n) is 1.61. The monoisotopic (exact) mass is 253 g/mol. The van der Waals surface area contributed by atoms with Gasteiger partial charge in [0, 0.05) is 18.3 Å². The molecule has 0 radical (unpaired) electrons. The molecule has 6 heteroatoms. The molecular weight excluding hydrogens is 245 g/mol. The van der Waals surface area contributed by atoms with Crippen molar-refractivity contribution in [2.45, 2.75) is 11.7 Å².